The average Bonchev–Trinajstić information content (AvgIpc) is 3.33. The lowest BCUT2D eigenvalue weighted by Crippen LogP contribution is -2.38. The standard InChI is InChI=1S/C28H38FN3O/c1-20(2)19-33-28-11-7-22(8-12-28)15-30-21(3)32(16-23-5-9-26(29)10-6-23)27-13-24-17-31(4)18-25(24)14-27/h5-12,20,24-25,27,30H,3,13-19H2,1-2,4H3/t24-,25+,27-. The van der Waals surface area contributed by atoms with Gasteiger partial charge in [-0.25, -0.2) is 4.39 Å². The fraction of sp³-hybridized carbons (Fsp3) is 0.500. The quantitative estimate of drug-likeness (QED) is 0.533. The maximum Gasteiger partial charge on any atom is 0.123 e. The Kier molecular flexibility index (Phi) is 7.59. The molecule has 1 aliphatic carbocycles. The van der Waals surface area contributed by atoms with Gasteiger partial charge in [-0.3, -0.25) is 0 Å². The Hall–Kier alpha value is -2.53. The highest BCUT2D eigenvalue weighted by molar-refractivity contribution is 5.27. The summed E-state index contributed by atoms with van der Waals surface area (Å²) in [6.07, 6.45) is 2.39. The molecule has 4 rings (SSSR count). The third-order valence-corrected chi connectivity index (χ3v) is 6.97. The minimum absolute atomic E-state index is 0.193. The number of halogens is 1. The fourth-order valence-electron chi connectivity index (χ4n) is 5.26. The van der Waals surface area contributed by atoms with Gasteiger partial charge in [0.1, 0.15) is 11.6 Å². The van der Waals surface area contributed by atoms with Gasteiger partial charge in [0.05, 0.1) is 12.4 Å². The van der Waals surface area contributed by atoms with Crippen LogP contribution >= 0.6 is 0 Å². The van der Waals surface area contributed by atoms with Gasteiger partial charge in [-0.05, 0) is 73.0 Å². The summed E-state index contributed by atoms with van der Waals surface area (Å²) in [6, 6.07) is 15.6. The molecule has 1 N–H and O–H groups in total. The first-order valence-electron chi connectivity index (χ1n) is 12.2. The first-order chi connectivity index (χ1) is 15.9. The predicted octanol–water partition coefficient (Wildman–Crippen LogP) is 5.26. The molecular weight excluding hydrogens is 413 g/mol. The van der Waals surface area contributed by atoms with E-state index in [1.165, 1.54) is 31.5 Å². The zero-order chi connectivity index (χ0) is 23.4. The second-order valence-corrected chi connectivity index (χ2v) is 10.3. The third kappa shape index (κ3) is 6.29. The van der Waals surface area contributed by atoms with Crippen LogP contribution in [0.2, 0.25) is 0 Å². The number of likely N-dealkylation sites (tertiary alicyclic amines) is 1. The lowest BCUT2D eigenvalue weighted by Gasteiger charge is -2.34. The van der Waals surface area contributed by atoms with Crippen molar-refractivity contribution in [2.45, 2.75) is 45.8 Å². The molecule has 178 valence electrons. The summed E-state index contributed by atoms with van der Waals surface area (Å²) < 4.78 is 19.2. The van der Waals surface area contributed by atoms with Crippen LogP contribution in [0.5, 0.6) is 5.75 Å². The Bertz CT molecular complexity index is 898. The van der Waals surface area contributed by atoms with Gasteiger partial charge in [-0.15, -0.1) is 0 Å². The Labute approximate surface area is 198 Å². The molecule has 0 radical (unpaired) electrons. The largest absolute Gasteiger partial charge is 0.493 e. The fourth-order valence-corrected chi connectivity index (χ4v) is 5.26. The van der Waals surface area contributed by atoms with Crippen LogP contribution in [0.25, 0.3) is 0 Å². The van der Waals surface area contributed by atoms with Crippen molar-refractivity contribution in [1.82, 2.24) is 15.1 Å². The summed E-state index contributed by atoms with van der Waals surface area (Å²) in [7, 11) is 2.23. The van der Waals surface area contributed by atoms with Crippen LogP contribution in [0.4, 0.5) is 4.39 Å². The van der Waals surface area contributed by atoms with Crippen molar-refractivity contribution in [2.24, 2.45) is 17.8 Å². The number of ether oxygens (including phenoxy) is 1. The SMILES string of the molecule is C=C(NCc1ccc(OCC(C)C)cc1)N(Cc1ccc(F)cc1)[C@@H]1C[C@@H]2CN(C)C[C@@H]2C1. The number of nitrogens with one attached hydrogen (secondary N) is 1. The van der Waals surface area contributed by atoms with Gasteiger partial charge in [0, 0.05) is 32.2 Å². The molecule has 0 amide bonds. The van der Waals surface area contributed by atoms with Crippen LogP contribution in [0, 0.1) is 23.6 Å². The second-order valence-electron chi connectivity index (χ2n) is 10.3. The van der Waals surface area contributed by atoms with Crippen molar-refractivity contribution in [2.75, 3.05) is 26.7 Å². The molecule has 2 aromatic carbocycles. The van der Waals surface area contributed by atoms with E-state index < -0.39 is 0 Å². The Morgan fingerprint density at radius 2 is 1.67 bits per heavy atom. The topological polar surface area (TPSA) is 27.7 Å². The first-order valence-corrected chi connectivity index (χ1v) is 12.2. The first kappa shape index (κ1) is 23.6. The highest BCUT2D eigenvalue weighted by Gasteiger charge is 2.41. The van der Waals surface area contributed by atoms with Crippen LogP contribution in [-0.2, 0) is 13.1 Å². The molecule has 2 aromatic rings. The zero-order valence-corrected chi connectivity index (χ0v) is 20.3. The molecular formula is C28H38FN3O. The Morgan fingerprint density at radius 3 is 2.27 bits per heavy atom. The predicted molar refractivity (Wildman–Crippen MR) is 132 cm³/mol. The van der Waals surface area contributed by atoms with E-state index in [9.17, 15) is 4.39 Å². The number of rotatable bonds is 10. The second kappa shape index (κ2) is 10.6. The van der Waals surface area contributed by atoms with Crippen molar-refractivity contribution in [1.29, 1.82) is 0 Å². The highest BCUT2D eigenvalue weighted by Crippen LogP contribution is 2.40. The summed E-state index contributed by atoms with van der Waals surface area (Å²) in [4.78, 5) is 4.86. The van der Waals surface area contributed by atoms with Crippen LogP contribution in [0.15, 0.2) is 60.9 Å². The maximum atomic E-state index is 13.4. The van der Waals surface area contributed by atoms with Crippen molar-refractivity contribution in [3.8, 4) is 5.75 Å². The van der Waals surface area contributed by atoms with E-state index in [4.69, 9.17) is 4.74 Å². The number of hydrogen-bond acceptors (Lipinski definition) is 4. The van der Waals surface area contributed by atoms with Crippen LogP contribution in [-0.4, -0.2) is 42.6 Å². The van der Waals surface area contributed by atoms with E-state index >= 15 is 0 Å². The zero-order valence-electron chi connectivity index (χ0n) is 20.3. The normalized spacial score (nSPS) is 22.4. The van der Waals surface area contributed by atoms with Crippen LogP contribution < -0.4 is 10.1 Å². The van der Waals surface area contributed by atoms with E-state index in [0.29, 0.717) is 18.5 Å². The molecule has 1 aliphatic heterocycles. The molecule has 33 heavy (non-hydrogen) atoms. The van der Waals surface area contributed by atoms with E-state index in [1.807, 2.05) is 24.3 Å². The highest BCUT2D eigenvalue weighted by atomic mass is 19.1. The summed E-state index contributed by atoms with van der Waals surface area (Å²) >= 11 is 0. The van der Waals surface area contributed by atoms with Crippen molar-refractivity contribution < 1.29 is 9.13 Å². The van der Waals surface area contributed by atoms with Crippen molar-refractivity contribution >= 4 is 0 Å². The van der Waals surface area contributed by atoms with Gasteiger partial charge in [0.2, 0.25) is 0 Å². The minimum atomic E-state index is -0.193. The summed E-state index contributed by atoms with van der Waals surface area (Å²) in [6.45, 7) is 13.3. The van der Waals surface area contributed by atoms with E-state index in [2.05, 4.69) is 54.7 Å². The number of fused-ring (bicyclic) bond motifs is 1. The molecule has 2 fully saturated rings. The molecule has 1 heterocycles. The molecule has 5 heteroatoms. The van der Waals surface area contributed by atoms with Gasteiger partial charge in [-0.2, -0.15) is 0 Å². The molecule has 0 aromatic heterocycles. The maximum absolute atomic E-state index is 13.4. The van der Waals surface area contributed by atoms with E-state index in [-0.39, 0.29) is 5.82 Å². The van der Waals surface area contributed by atoms with Crippen molar-refractivity contribution in [3.05, 3.63) is 77.9 Å². The molecule has 0 unspecified atom stereocenters. The monoisotopic (exact) mass is 451 g/mol. The Balaban J connectivity index is 1.39. The van der Waals surface area contributed by atoms with Gasteiger partial charge < -0.3 is 19.9 Å². The van der Waals surface area contributed by atoms with E-state index in [0.717, 1.165) is 42.1 Å². The van der Waals surface area contributed by atoms with Crippen LogP contribution in [0.3, 0.4) is 0 Å². The Morgan fingerprint density at radius 1 is 1.06 bits per heavy atom. The molecule has 1 saturated carbocycles. The third-order valence-electron chi connectivity index (χ3n) is 6.97. The summed E-state index contributed by atoms with van der Waals surface area (Å²) in [5.74, 6) is 3.70. The molecule has 0 spiro atoms. The van der Waals surface area contributed by atoms with Gasteiger partial charge in [-0.1, -0.05) is 44.7 Å². The van der Waals surface area contributed by atoms with Gasteiger partial charge in [0.25, 0.3) is 0 Å². The summed E-state index contributed by atoms with van der Waals surface area (Å²) in [5.41, 5.74) is 2.31. The molecule has 3 atom stereocenters. The lowest BCUT2D eigenvalue weighted by molar-refractivity contribution is 0.212. The molecule has 1 saturated heterocycles. The van der Waals surface area contributed by atoms with Crippen molar-refractivity contribution in [3.63, 3.8) is 0 Å². The smallest absolute Gasteiger partial charge is 0.123 e. The average molecular weight is 452 g/mol. The van der Waals surface area contributed by atoms with Gasteiger partial charge in [0.15, 0.2) is 0 Å². The summed E-state index contributed by atoms with van der Waals surface area (Å²) in [5, 5.41) is 3.56. The van der Waals surface area contributed by atoms with Gasteiger partial charge >= 0.3 is 0 Å². The number of benzene rings is 2. The molecule has 2 aliphatic rings. The van der Waals surface area contributed by atoms with Crippen LogP contribution in [0.1, 0.15) is 37.8 Å². The number of hydrogen-bond donors (Lipinski definition) is 1. The van der Waals surface area contributed by atoms with E-state index in [1.54, 1.807) is 12.1 Å². The number of nitrogens with zero attached hydrogens (tertiary/aromatic N) is 2. The molecule has 0 bridgehead atoms. The lowest BCUT2D eigenvalue weighted by atomic mass is 10.0. The molecule has 4 nitrogen and oxygen atoms in total. The minimum Gasteiger partial charge on any atom is -0.493 e.